The average molecular weight is 273 g/mol. The predicted octanol–water partition coefficient (Wildman–Crippen LogP) is 2.67. The first kappa shape index (κ1) is 14.6. The van der Waals surface area contributed by atoms with Crippen molar-refractivity contribution < 1.29 is 31.4 Å². The smallest absolute Gasteiger partial charge is 0.399 e. The Morgan fingerprint density at radius 2 is 1.28 bits per heavy atom. The fraction of sp³-hybridized carbons (Fsp3) is 0.400. The summed E-state index contributed by atoms with van der Waals surface area (Å²) in [4.78, 5) is 0. The van der Waals surface area contributed by atoms with Crippen LogP contribution in [0.25, 0.3) is 0 Å². The zero-order chi connectivity index (χ0) is 14.2. The van der Waals surface area contributed by atoms with Gasteiger partial charge in [-0.3, -0.25) is 0 Å². The van der Waals surface area contributed by atoms with E-state index in [1.54, 1.807) is 0 Å². The third-order valence-electron chi connectivity index (χ3n) is 2.38. The highest BCUT2D eigenvalue weighted by atomic mass is 19.4. The monoisotopic (exact) mass is 273 g/mol. The van der Waals surface area contributed by atoms with Crippen LogP contribution in [0.2, 0.25) is 0 Å². The maximum absolute atomic E-state index is 12.4. The largest absolute Gasteiger partial charge is 0.426 e. The van der Waals surface area contributed by atoms with Crippen LogP contribution in [-0.4, -0.2) is 23.1 Å². The maximum atomic E-state index is 12.4. The van der Waals surface area contributed by atoms with Crippen LogP contribution in [0.1, 0.15) is 5.56 Å². The van der Waals surface area contributed by atoms with Gasteiger partial charge in [0.2, 0.25) is 0 Å². The molecule has 0 fully saturated rings. The number of aliphatic hydroxyl groups is 1. The van der Waals surface area contributed by atoms with E-state index < -0.39 is 24.4 Å². The second-order valence-electron chi connectivity index (χ2n) is 3.77. The van der Waals surface area contributed by atoms with Crippen LogP contribution in [0, 0.1) is 0 Å². The Kier molecular flexibility index (Phi) is 3.53. The summed E-state index contributed by atoms with van der Waals surface area (Å²) in [5, 5.41) is 8.93. The lowest BCUT2D eigenvalue weighted by Gasteiger charge is -2.32. The van der Waals surface area contributed by atoms with Gasteiger partial charge in [0, 0.05) is 12.1 Å². The Bertz CT molecular complexity index is 394. The topological polar surface area (TPSA) is 46.2 Å². The van der Waals surface area contributed by atoms with Crippen molar-refractivity contribution in [2.24, 2.45) is 0 Å². The van der Waals surface area contributed by atoms with E-state index in [9.17, 15) is 26.3 Å². The molecule has 0 heterocycles. The number of alkyl halides is 6. The van der Waals surface area contributed by atoms with E-state index in [1.165, 1.54) is 0 Å². The van der Waals surface area contributed by atoms with Gasteiger partial charge in [0.05, 0.1) is 0 Å². The van der Waals surface area contributed by atoms with E-state index in [-0.39, 0.29) is 11.3 Å². The van der Waals surface area contributed by atoms with E-state index in [4.69, 9.17) is 10.8 Å². The van der Waals surface area contributed by atoms with E-state index in [2.05, 4.69) is 0 Å². The van der Waals surface area contributed by atoms with Gasteiger partial charge in [-0.05, 0) is 17.7 Å². The summed E-state index contributed by atoms with van der Waals surface area (Å²) >= 11 is 0. The van der Waals surface area contributed by atoms with Gasteiger partial charge < -0.3 is 10.8 Å². The summed E-state index contributed by atoms with van der Waals surface area (Å²) in [5.41, 5.74) is 0.365. The van der Waals surface area contributed by atoms with Gasteiger partial charge in [0.25, 0.3) is 5.60 Å². The lowest BCUT2D eigenvalue weighted by atomic mass is 9.93. The van der Waals surface area contributed by atoms with Crippen LogP contribution < -0.4 is 5.73 Å². The minimum atomic E-state index is -5.81. The van der Waals surface area contributed by atoms with E-state index >= 15 is 0 Å². The minimum absolute atomic E-state index is 0.196. The number of hydrogen-bond donors (Lipinski definition) is 2. The summed E-state index contributed by atoms with van der Waals surface area (Å²) in [6, 6.07) is 4.31. The summed E-state index contributed by atoms with van der Waals surface area (Å²) in [6.07, 6.45) is -13.2. The summed E-state index contributed by atoms with van der Waals surface area (Å²) < 4.78 is 74.2. The molecule has 1 aromatic carbocycles. The molecule has 0 amide bonds. The lowest BCUT2D eigenvalue weighted by Crippen LogP contribution is -2.58. The highest BCUT2D eigenvalue weighted by molar-refractivity contribution is 5.39. The Morgan fingerprint density at radius 3 is 1.61 bits per heavy atom. The van der Waals surface area contributed by atoms with Crippen LogP contribution in [0.3, 0.4) is 0 Å². The number of anilines is 1. The number of halogens is 6. The molecule has 2 nitrogen and oxygen atoms in total. The number of nitrogens with two attached hydrogens (primary N) is 1. The Morgan fingerprint density at radius 1 is 0.889 bits per heavy atom. The molecule has 0 radical (unpaired) electrons. The molecule has 0 spiro atoms. The first-order chi connectivity index (χ1) is 7.97. The van der Waals surface area contributed by atoms with Gasteiger partial charge in [-0.1, -0.05) is 12.1 Å². The zero-order valence-corrected chi connectivity index (χ0v) is 8.81. The molecule has 0 saturated heterocycles. The number of rotatable bonds is 2. The first-order valence-corrected chi connectivity index (χ1v) is 4.67. The van der Waals surface area contributed by atoms with Crippen molar-refractivity contribution in [3.05, 3.63) is 29.8 Å². The van der Waals surface area contributed by atoms with Crippen LogP contribution in [0.4, 0.5) is 32.0 Å². The molecular weight excluding hydrogens is 264 g/mol. The second-order valence-corrected chi connectivity index (χ2v) is 3.77. The van der Waals surface area contributed by atoms with Gasteiger partial charge in [-0.25, -0.2) is 0 Å². The van der Waals surface area contributed by atoms with Crippen molar-refractivity contribution in [1.29, 1.82) is 0 Å². The predicted molar refractivity (Wildman–Crippen MR) is 51.6 cm³/mol. The molecule has 0 atom stereocenters. The van der Waals surface area contributed by atoms with E-state index in [1.807, 2.05) is 0 Å². The molecule has 0 aromatic heterocycles. The number of benzene rings is 1. The minimum Gasteiger partial charge on any atom is -0.399 e. The molecule has 0 bridgehead atoms. The van der Waals surface area contributed by atoms with Crippen molar-refractivity contribution in [3.8, 4) is 0 Å². The van der Waals surface area contributed by atoms with Gasteiger partial charge >= 0.3 is 12.4 Å². The van der Waals surface area contributed by atoms with Gasteiger partial charge in [-0.15, -0.1) is 0 Å². The molecule has 3 N–H and O–H groups in total. The molecule has 1 aromatic rings. The standard InChI is InChI=1S/C10H9F6NO/c11-9(12,13)8(18,10(14,15)16)5-6-1-3-7(17)4-2-6/h1-4,18H,5,17H2. The van der Waals surface area contributed by atoms with Crippen molar-refractivity contribution in [3.63, 3.8) is 0 Å². The molecule has 0 aliphatic heterocycles. The van der Waals surface area contributed by atoms with Crippen LogP contribution in [0.5, 0.6) is 0 Å². The fourth-order valence-electron chi connectivity index (χ4n) is 1.29. The van der Waals surface area contributed by atoms with Crippen LogP contribution >= 0.6 is 0 Å². The average Bonchev–Trinajstić information content (AvgIpc) is 2.18. The normalized spacial score (nSPS) is 13.7. The van der Waals surface area contributed by atoms with Crippen molar-refractivity contribution >= 4 is 5.69 Å². The van der Waals surface area contributed by atoms with Crippen molar-refractivity contribution in [2.45, 2.75) is 24.4 Å². The van der Waals surface area contributed by atoms with Crippen molar-refractivity contribution in [1.82, 2.24) is 0 Å². The molecule has 0 unspecified atom stereocenters. The van der Waals surface area contributed by atoms with Crippen LogP contribution in [-0.2, 0) is 6.42 Å². The third-order valence-corrected chi connectivity index (χ3v) is 2.38. The van der Waals surface area contributed by atoms with E-state index in [0.29, 0.717) is 0 Å². The summed E-state index contributed by atoms with van der Waals surface area (Å²) in [5.74, 6) is 0. The highest BCUT2D eigenvalue weighted by Gasteiger charge is 2.70. The zero-order valence-electron chi connectivity index (χ0n) is 8.81. The Labute approximate surface area is 98.0 Å². The quantitative estimate of drug-likeness (QED) is 0.642. The maximum Gasteiger partial charge on any atom is 0.426 e. The highest BCUT2D eigenvalue weighted by Crippen LogP contribution is 2.44. The fourth-order valence-corrected chi connectivity index (χ4v) is 1.29. The lowest BCUT2D eigenvalue weighted by molar-refractivity contribution is -0.367. The SMILES string of the molecule is Nc1ccc(CC(O)(C(F)(F)F)C(F)(F)F)cc1. The van der Waals surface area contributed by atoms with E-state index in [0.717, 1.165) is 24.3 Å². The Balaban J connectivity index is 3.12. The molecule has 0 aliphatic rings. The molecule has 18 heavy (non-hydrogen) atoms. The number of hydrogen-bond acceptors (Lipinski definition) is 2. The number of nitrogen functional groups attached to an aromatic ring is 1. The molecule has 102 valence electrons. The van der Waals surface area contributed by atoms with Gasteiger partial charge in [0.1, 0.15) is 0 Å². The van der Waals surface area contributed by atoms with Crippen LogP contribution in [0.15, 0.2) is 24.3 Å². The molecular formula is C10H9F6NO. The molecule has 1 rings (SSSR count). The molecule has 8 heteroatoms. The first-order valence-electron chi connectivity index (χ1n) is 4.67. The Hall–Kier alpha value is -1.44. The second kappa shape index (κ2) is 4.34. The molecule has 0 saturated carbocycles. The summed E-state index contributed by atoms with van der Waals surface area (Å²) in [7, 11) is 0. The molecule has 0 aliphatic carbocycles. The van der Waals surface area contributed by atoms with Gasteiger partial charge in [0.15, 0.2) is 0 Å². The van der Waals surface area contributed by atoms with Crippen molar-refractivity contribution in [2.75, 3.05) is 5.73 Å². The van der Waals surface area contributed by atoms with Gasteiger partial charge in [-0.2, -0.15) is 26.3 Å². The third kappa shape index (κ3) is 2.69. The summed E-state index contributed by atoms with van der Waals surface area (Å²) in [6.45, 7) is 0.